The molecule has 1 aliphatic rings. The molecule has 1 atom stereocenters. The lowest BCUT2D eigenvalue weighted by Gasteiger charge is -2.33. The minimum absolute atomic E-state index is 0.121. The maximum Gasteiger partial charge on any atom is 0.252 e. The largest absolute Gasteiger partial charge is 0.352 e. The Kier molecular flexibility index (Phi) is 5.80. The SMILES string of the molecule is CC1CCCCN1CCCNC(=O)c1ccncc1Cl. The highest BCUT2D eigenvalue weighted by molar-refractivity contribution is 6.33. The molecule has 1 unspecified atom stereocenters. The van der Waals surface area contributed by atoms with Gasteiger partial charge in [-0.3, -0.25) is 9.78 Å². The van der Waals surface area contributed by atoms with Crippen molar-refractivity contribution in [3.8, 4) is 0 Å². The Morgan fingerprint density at radius 1 is 1.55 bits per heavy atom. The smallest absolute Gasteiger partial charge is 0.252 e. The van der Waals surface area contributed by atoms with Crippen LogP contribution in [0.4, 0.5) is 0 Å². The number of aromatic nitrogens is 1. The van der Waals surface area contributed by atoms with Crippen LogP contribution in [0.5, 0.6) is 0 Å². The highest BCUT2D eigenvalue weighted by atomic mass is 35.5. The first-order chi connectivity index (χ1) is 9.68. The summed E-state index contributed by atoms with van der Waals surface area (Å²) < 4.78 is 0. The van der Waals surface area contributed by atoms with E-state index in [2.05, 4.69) is 22.1 Å². The molecule has 0 bridgehead atoms. The van der Waals surface area contributed by atoms with Crippen LogP contribution in [0.25, 0.3) is 0 Å². The molecule has 1 saturated heterocycles. The average Bonchev–Trinajstić information content (AvgIpc) is 2.45. The zero-order chi connectivity index (χ0) is 14.4. The topological polar surface area (TPSA) is 45.2 Å². The molecule has 1 aromatic rings. The monoisotopic (exact) mass is 295 g/mol. The minimum Gasteiger partial charge on any atom is -0.352 e. The van der Waals surface area contributed by atoms with E-state index in [1.54, 1.807) is 12.3 Å². The molecular formula is C15H22ClN3O. The summed E-state index contributed by atoms with van der Waals surface area (Å²) in [6.07, 6.45) is 7.97. The number of hydrogen-bond donors (Lipinski definition) is 1. The third-order valence-electron chi connectivity index (χ3n) is 3.87. The van der Waals surface area contributed by atoms with Crippen molar-refractivity contribution in [1.29, 1.82) is 0 Å². The molecule has 4 nitrogen and oxygen atoms in total. The fraction of sp³-hybridized carbons (Fsp3) is 0.600. The molecule has 1 aliphatic heterocycles. The molecule has 0 saturated carbocycles. The zero-order valence-electron chi connectivity index (χ0n) is 11.9. The van der Waals surface area contributed by atoms with Crippen molar-refractivity contribution >= 4 is 17.5 Å². The van der Waals surface area contributed by atoms with Gasteiger partial charge in [0.05, 0.1) is 10.6 Å². The summed E-state index contributed by atoms with van der Waals surface area (Å²) in [5, 5.41) is 3.31. The van der Waals surface area contributed by atoms with Crippen molar-refractivity contribution in [3.63, 3.8) is 0 Å². The van der Waals surface area contributed by atoms with Crippen molar-refractivity contribution in [3.05, 3.63) is 29.0 Å². The minimum atomic E-state index is -0.121. The zero-order valence-corrected chi connectivity index (χ0v) is 12.7. The molecule has 1 fully saturated rings. The summed E-state index contributed by atoms with van der Waals surface area (Å²) in [5.74, 6) is -0.121. The predicted molar refractivity (Wildman–Crippen MR) is 81.1 cm³/mol. The molecule has 0 radical (unpaired) electrons. The van der Waals surface area contributed by atoms with Crippen LogP contribution in [0.3, 0.4) is 0 Å². The van der Waals surface area contributed by atoms with Crippen LogP contribution < -0.4 is 5.32 Å². The normalized spacial score (nSPS) is 19.8. The number of hydrogen-bond acceptors (Lipinski definition) is 3. The second-order valence-corrected chi connectivity index (χ2v) is 5.75. The number of piperidine rings is 1. The molecule has 2 heterocycles. The van der Waals surface area contributed by atoms with E-state index in [-0.39, 0.29) is 5.91 Å². The van der Waals surface area contributed by atoms with Gasteiger partial charge in [0.25, 0.3) is 5.91 Å². The molecular weight excluding hydrogens is 274 g/mol. The van der Waals surface area contributed by atoms with Crippen LogP contribution in [0.2, 0.25) is 5.02 Å². The Morgan fingerprint density at radius 2 is 2.40 bits per heavy atom. The van der Waals surface area contributed by atoms with Crippen molar-refractivity contribution in [2.24, 2.45) is 0 Å². The fourth-order valence-corrected chi connectivity index (χ4v) is 2.83. The Hall–Kier alpha value is -1.13. The summed E-state index contributed by atoms with van der Waals surface area (Å²) in [4.78, 5) is 18.3. The van der Waals surface area contributed by atoms with E-state index in [0.29, 0.717) is 23.2 Å². The second kappa shape index (κ2) is 7.60. The number of carbonyl (C=O) groups is 1. The summed E-state index contributed by atoms with van der Waals surface area (Å²) in [6, 6.07) is 2.32. The Balaban J connectivity index is 1.71. The summed E-state index contributed by atoms with van der Waals surface area (Å²) in [5.41, 5.74) is 0.494. The summed E-state index contributed by atoms with van der Waals surface area (Å²) in [7, 11) is 0. The van der Waals surface area contributed by atoms with Crippen molar-refractivity contribution in [2.75, 3.05) is 19.6 Å². The van der Waals surface area contributed by atoms with Gasteiger partial charge in [0, 0.05) is 31.5 Å². The molecule has 0 aliphatic carbocycles. The number of pyridine rings is 1. The van der Waals surface area contributed by atoms with Crippen LogP contribution in [0.15, 0.2) is 18.5 Å². The lowest BCUT2D eigenvalue weighted by atomic mass is 10.0. The van der Waals surface area contributed by atoms with Crippen LogP contribution in [-0.4, -0.2) is 41.5 Å². The van der Waals surface area contributed by atoms with Crippen molar-refractivity contribution < 1.29 is 4.79 Å². The molecule has 1 N–H and O–H groups in total. The van der Waals surface area contributed by atoms with Gasteiger partial charge in [-0.2, -0.15) is 0 Å². The first kappa shape index (κ1) is 15.3. The van der Waals surface area contributed by atoms with Gasteiger partial charge in [-0.1, -0.05) is 18.0 Å². The average molecular weight is 296 g/mol. The van der Waals surface area contributed by atoms with Gasteiger partial charge in [0.15, 0.2) is 0 Å². The summed E-state index contributed by atoms with van der Waals surface area (Å²) >= 11 is 5.94. The molecule has 1 amide bonds. The first-order valence-corrected chi connectivity index (χ1v) is 7.68. The number of rotatable bonds is 5. The van der Waals surface area contributed by atoms with E-state index in [0.717, 1.165) is 13.0 Å². The lowest BCUT2D eigenvalue weighted by Crippen LogP contribution is -2.39. The molecule has 110 valence electrons. The van der Waals surface area contributed by atoms with E-state index >= 15 is 0 Å². The van der Waals surface area contributed by atoms with E-state index in [4.69, 9.17) is 11.6 Å². The molecule has 20 heavy (non-hydrogen) atoms. The van der Waals surface area contributed by atoms with Gasteiger partial charge >= 0.3 is 0 Å². The van der Waals surface area contributed by atoms with E-state index < -0.39 is 0 Å². The lowest BCUT2D eigenvalue weighted by molar-refractivity contribution is 0.0949. The standard InChI is InChI=1S/C15H22ClN3O/c1-12-5-2-3-9-19(12)10-4-7-18-15(20)13-6-8-17-11-14(13)16/h6,8,11-12H,2-5,7,9-10H2,1H3,(H,18,20). The van der Waals surface area contributed by atoms with E-state index in [9.17, 15) is 4.79 Å². The molecule has 1 aromatic heterocycles. The van der Waals surface area contributed by atoms with Gasteiger partial charge < -0.3 is 10.2 Å². The summed E-state index contributed by atoms with van der Waals surface area (Å²) in [6.45, 7) is 5.20. The van der Waals surface area contributed by atoms with Gasteiger partial charge in [0.2, 0.25) is 0 Å². The van der Waals surface area contributed by atoms with Gasteiger partial charge in [-0.15, -0.1) is 0 Å². The Morgan fingerprint density at radius 3 is 3.15 bits per heavy atom. The Labute approximate surface area is 125 Å². The highest BCUT2D eigenvalue weighted by Crippen LogP contribution is 2.16. The van der Waals surface area contributed by atoms with Gasteiger partial charge in [-0.25, -0.2) is 0 Å². The van der Waals surface area contributed by atoms with E-state index in [1.807, 2.05) is 0 Å². The number of carbonyl (C=O) groups excluding carboxylic acids is 1. The number of halogens is 1. The number of likely N-dealkylation sites (tertiary alicyclic amines) is 1. The second-order valence-electron chi connectivity index (χ2n) is 5.35. The Bertz CT molecular complexity index is 452. The molecule has 0 spiro atoms. The number of nitrogens with zero attached hydrogens (tertiary/aromatic N) is 2. The third kappa shape index (κ3) is 4.18. The van der Waals surface area contributed by atoms with Gasteiger partial charge in [0.1, 0.15) is 0 Å². The number of nitrogens with one attached hydrogen (secondary N) is 1. The van der Waals surface area contributed by atoms with E-state index in [1.165, 1.54) is 32.0 Å². The molecule has 0 aromatic carbocycles. The molecule has 5 heteroatoms. The predicted octanol–water partition coefficient (Wildman–Crippen LogP) is 2.73. The number of amides is 1. The first-order valence-electron chi connectivity index (χ1n) is 7.30. The molecule has 2 rings (SSSR count). The maximum absolute atomic E-state index is 11.9. The van der Waals surface area contributed by atoms with Gasteiger partial charge in [-0.05, 0) is 38.8 Å². The van der Waals surface area contributed by atoms with Crippen molar-refractivity contribution in [1.82, 2.24) is 15.2 Å². The quantitative estimate of drug-likeness (QED) is 0.850. The fourth-order valence-electron chi connectivity index (χ4n) is 2.63. The van der Waals surface area contributed by atoms with Crippen LogP contribution in [0.1, 0.15) is 43.0 Å². The maximum atomic E-state index is 11.9. The van der Waals surface area contributed by atoms with Crippen molar-refractivity contribution in [2.45, 2.75) is 38.6 Å². The highest BCUT2D eigenvalue weighted by Gasteiger charge is 2.17. The van der Waals surface area contributed by atoms with Crippen LogP contribution in [0, 0.1) is 0 Å². The van der Waals surface area contributed by atoms with Crippen LogP contribution >= 0.6 is 11.6 Å². The van der Waals surface area contributed by atoms with Crippen LogP contribution in [-0.2, 0) is 0 Å². The third-order valence-corrected chi connectivity index (χ3v) is 4.17.